The van der Waals surface area contributed by atoms with E-state index in [0.717, 1.165) is 25.1 Å². The van der Waals surface area contributed by atoms with Crippen molar-refractivity contribution < 1.29 is 22.0 Å². The molecular weight excluding hydrogens is 290 g/mol. The molecule has 1 aliphatic heterocycles. The molecule has 1 heterocycles. The van der Waals surface area contributed by atoms with Crippen molar-refractivity contribution in [3.05, 3.63) is 29.8 Å². The lowest BCUT2D eigenvalue weighted by Crippen LogP contribution is -2.36. The number of halogens is 2. The second kappa shape index (κ2) is 5.84. The van der Waals surface area contributed by atoms with E-state index in [-0.39, 0.29) is 17.5 Å². The summed E-state index contributed by atoms with van der Waals surface area (Å²) in [5, 5.41) is 5.87. The number of carbonyl (C=O) groups is 1. The number of carbonyl (C=O) groups excluding carboxylic acids is 1. The number of hydrogen-bond acceptors (Lipinski definition) is 4. The largest absolute Gasteiger partial charge is 0.348 e. The van der Waals surface area contributed by atoms with Gasteiger partial charge in [-0.05, 0) is 37.2 Å². The molecule has 2 N–H and O–H groups in total. The molecule has 110 valence electrons. The third-order valence-electron chi connectivity index (χ3n) is 3.08. The molecule has 20 heavy (non-hydrogen) atoms. The summed E-state index contributed by atoms with van der Waals surface area (Å²) in [5.74, 6) is -3.81. The minimum absolute atomic E-state index is 0.0342. The highest BCUT2D eigenvalue weighted by Gasteiger charge is 2.26. The van der Waals surface area contributed by atoms with Crippen molar-refractivity contribution in [2.24, 2.45) is 0 Å². The first-order chi connectivity index (χ1) is 9.41. The number of amides is 1. The van der Waals surface area contributed by atoms with Crippen LogP contribution in [0.1, 0.15) is 16.8 Å². The summed E-state index contributed by atoms with van der Waals surface area (Å²) in [4.78, 5) is 11.4. The van der Waals surface area contributed by atoms with Gasteiger partial charge < -0.3 is 10.6 Å². The normalized spacial score (nSPS) is 19.2. The maximum atomic E-state index is 12.4. The van der Waals surface area contributed by atoms with Crippen LogP contribution >= 0.6 is 0 Å². The maximum absolute atomic E-state index is 12.4. The molecule has 0 aliphatic carbocycles. The van der Waals surface area contributed by atoms with Gasteiger partial charge in [-0.15, -0.1) is 0 Å². The van der Waals surface area contributed by atoms with Crippen LogP contribution < -0.4 is 10.6 Å². The zero-order chi connectivity index (χ0) is 14.8. The molecule has 0 saturated carbocycles. The topological polar surface area (TPSA) is 75.3 Å². The van der Waals surface area contributed by atoms with Crippen LogP contribution in [0.25, 0.3) is 0 Å². The van der Waals surface area contributed by atoms with Gasteiger partial charge in [-0.3, -0.25) is 4.79 Å². The van der Waals surface area contributed by atoms with Gasteiger partial charge in [-0.25, -0.2) is 8.42 Å². The Morgan fingerprint density at radius 1 is 1.30 bits per heavy atom. The molecule has 1 amide bonds. The molecule has 1 atom stereocenters. The van der Waals surface area contributed by atoms with Crippen LogP contribution in [0, 0.1) is 0 Å². The van der Waals surface area contributed by atoms with E-state index in [1.54, 1.807) is 0 Å². The second-order valence-corrected chi connectivity index (χ2v) is 6.41. The van der Waals surface area contributed by atoms with E-state index >= 15 is 0 Å². The van der Waals surface area contributed by atoms with E-state index in [9.17, 15) is 22.0 Å². The highest BCUT2D eigenvalue weighted by molar-refractivity contribution is 7.91. The van der Waals surface area contributed by atoms with Crippen molar-refractivity contribution in [3.63, 3.8) is 0 Å². The average molecular weight is 304 g/mol. The van der Waals surface area contributed by atoms with Crippen molar-refractivity contribution in [2.75, 3.05) is 13.1 Å². The van der Waals surface area contributed by atoms with E-state index in [1.165, 1.54) is 12.1 Å². The molecule has 1 saturated heterocycles. The quantitative estimate of drug-likeness (QED) is 0.862. The molecule has 8 heteroatoms. The number of benzene rings is 1. The first kappa shape index (κ1) is 14.9. The predicted molar refractivity (Wildman–Crippen MR) is 68.4 cm³/mol. The monoisotopic (exact) mass is 304 g/mol. The third-order valence-corrected chi connectivity index (χ3v) is 4.47. The van der Waals surface area contributed by atoms with Crippen LogP contribution in [0.2, 0.25) is 0 Å². The Morgan fingerprint density at radius 3 is 2.45 bits per heavy atom. The van der Waals surface area contributed by atoms with E-state index in [0.29, 0.717) is 6.54 Å². The maximum Gasteiger partial charge on any atom is 0.341 e. The Kier molecular flexibility index (Phi) is 4.34. The Hall–Kier alpha value is -1.54. The lowest BCUT2D eigenvalue weighted by Gasteiger charge is -2.11. The number of rotatable bonds is 4. The summed E-state index contributed by atoms with van der Waals surface area (Å²) in [6.45, 7) is 1.51. The first-order valence-electron chi connectivity index (χ1n) is 6.05. The SMILES string of the molecule is O=C(NC1CCNC1)c1ccc(S(=O)(=O)C(F)F)cc1. The highest BCUT2D eigenvalue weighted by Crippen LogP contribution is 2.18. The molecule has 5 nitrogen and oxygen atoms in total. The van der Waals surface area contributed by atoms with E-state index in [2.05, 4.69) is 10.6 Å². The van der Waals surface area contributed by atoms with Crippen molar-refractivity contribution in [3.8, 4) is 0 Å². The van der Waals surface area contributed by atoms with Gasteiger partial charge in [0, 0.05) is 18.2 Å². The Labute approximate surface area is 115 Å². The van der Waals surface area contributed by atoms with Gasteiger partial charge in [0.05, 0.1) is 4.90 Å². The molecule has 1 unspecified atom stereocenters. The van der Waals surface area contributed by atoms with Crippen LogP contribution in [0.5, 0.6) is 0 Å². The molecule has 1 aromatic rings. The van der Waals surface area contributed by atoms with E-state index in [4.69, 9.17) is 0 Å². The number of alkyl halides is 2. The van der Waals surface area contributed by atoms with Gasteiger partial charge >= 0.3 is 5.76 Å². The number of nitrogens with one attached hydrogen (secondary N) is 2. The summed E-state index contributed by atoms with van der Waals surface area (Å²) < 4.78 is 47.2. The van der Waals surface area contributed by atoms with E-state index < -0.39 is 20.5 Å². The van der Waals surface area contributed by atoms with Crippen LogP contribution in [0.3, 0.4) is 0 Å². The third kappa shape index (κ3) is 3.13. The van der Waals surface area contributed by atoms with E-state index in [1.807, 2.05) is 0 Å². The summed E-state index contributed by atoms with van der Waals surface area (Å²) in [6, 6.07) is 4.53. The fourth-order valence-electron chi connectivity index (χ4n) is 1.95. The molecule has 0 aromatic heterocycles. The first-order valence-corrected chi connectivity index (χ1v) is 7.59. The fourth-order valence-corrected chi connectivity index (χ4v) is 2.67. The van der Waals surface area contributed by atoms with Crippen LogP contribution in [-0.2, 0) is 9.84 Å². The average Bonchev–Trinajstić information content (AvgIpc) is 2.91. The molecule has 2 rings (SSSR count). The van der Waals surface area contributed by atoms with Gasteiger partial charge in [0.2, 0.25) is 9.84 Å². The molecule has 0 bridgehead atoms. The van der Waals surface area contributed by atoms with Crippen LogP contribution in [0.4, 0.5) is 8.78 Å². The molecule has 1 aliphatic rings. The zero-order valence-electron chi connectivity index (χ0n) is 10.5. The Morgan fingerprint density at radius 2 is 1.95 bits per heavy atom. The molecule has 0 radical (unpaired) electrons. The fraction of sp³-hybridized carbons (Fsp3) is 0.417. The minimum atomic E-state index is -4.62. The van der Waals surface area contributed by atoms with Crippen LogP contribution in [-0.4, -0.2) is 39.2 Å². The number of sulfone groups is 1. The van der Waals surface area contributed by atoms with Gasteiger partial charge in [0.15, 0.2) is 0 Å². The zero-order valence-corrected chi connectivity index (χ0v) is 11.3. The Bertz CT molecular complexity index is 581. The van der Waals surface area contributed by atoms with Crippen LogP contribution in [0.15, 0.2) is 29.2 Å². The molecular formula is C12H14F2N2O3S. The number of hydrogen-bond donors (Lipinski definition) is 2. The smallest absolute Gasteiger partial charge is 0.341 e. The second-order valence-electron chi connectivity index (χ2n) is 4.49. The van der Waals surface area contributed by atoms with Gasteiger partial charge in [0.1, 0.15) is 0 Å². The molecule has 1 aromatic carbocycles. The van der Waals surface area contributed by atoms with Crippen molar-refractivity contribution in [1.29, 1.82) is 0 Å². The summed E-state index contributed by atoms with van der Waals surface area (Å²) in [7, 11) is -4.62. The summed E-state index contributed by atoms with van der Waals surface area (Å²) >= 11 is 0. The summed E-state index contributed by atoms with van der Waals surface area (Å²) in [5.41, 5.74) is 0.241. The highest BCUT2D eigenvalue weighted by atomic mass is 32.2. The van der Waals surface area contributed by atoms with Gasteiger partial charge in [0.25, 0.3) is 5.91 Å². The van der Waals surface area contributed by atoms with Gasteiger partial charge in [-0.1, -0.05) is 0 Å². The van der Waals surface area contributed by atoms with Crippen molar-refractivity contribution in [2.45, 2.75) is 23.1 Å². The molecule has 1 fully saturated rings. The molecule has 0 spiro atoms. The lowest BCUT2D eigenvalue weighted by molar-refractivity contribution is 0.0940. The lowest BCUT2D eigenvalue weighted by atomic mass is 10.2. The minimum Gasteiger partial charge on any atom is -0.348 e. The predicted octanol–water partition coefficient (Wildman–Crippen LogP) is 0.775. The summed E-state index contributed by atoms with van der Waals surface area (Å²) in [6.07, 6.45) is 0.823. The Balaban J connectivity index is 2.10. The van der Waals surface area contributed by atoms with Crippen molar-refractivity contribution >= 4 is 15.7 Å². The van der Waals surface area contributed by atoms with Gasteiger partial charge in [-0.2, -0.15) is 8.78 Å². The van der Waals surface area contributed by atoms with Crippen molar-refractivity contribution in [1.82, 2.24) is 10.6 Å². The standard InChI is InChI=1S/C12H14F2N2O3S/c13-12(14)20(18,19)10-3-1-8(2-4-10)11(17)16-9-5-6-15-7-9/h1-4,9,12,15H,5-7H2,(H,16,17).